The van der Waals surface area contributed by atoms with Gasteiger partial charge in [0.25, 0.3) is 0 Å². The summed E-state index contributed by atoms with van der Waals surface area (Å²) in [6.07, 6.45) is 8.87. The van der Waals surface area contributed by atoms with Crippen LogP contribution in [-0.2, 0) is 6.54 Å². The van der Waals surface area contributed by atoms with Gasteiger partial charge in [0.05, 0.1) is 5.51 Å². The number of benzene rings is 1. The number of hydrogen-bond donors (Lipinski definition) is 1. The van der Waals surface area contributed by atoms with Crippen molar-refractivity contribution in [3.05, 3.63) is 52.5 Å². The molecule has 0 radical (unpaired) electrons. The number of hydrogen-bond acceptors (Lipinski definition) is 3. The second kappa shape index (κ2) is 7.00. The molecule has 0 aliphatic heterocycles. The lowest BCUT2D eigenvalue weighted by Crippen LogP contribution is -2.29. The highest BCUT2D eigenvalue weighted by Crippen LogP contribution is 2.34. The van der Waals surface area contributed by atoms with Crippen molar-refractivity contribution in [3.63, 3.8) is 0 Å². The van der Waals surface area contributed by atoms with Crippen LogP contribution in [0.4, 0.5) is 0 Å². The molecule has 1 saturated carbocycles. The summed E-state index contributed by atoms with van der Waals surface area (Å²) in [5.74, 6) is 0.777. The van der Waals surface area contributed by atoms with Gasteiger partial charge < -0.3 is 5.32 Å². The molecule has 3 rings (SSSR count). The topological polar surface area (TPSA) is 24.9 Å². The van der Waals surface area contributed by atoms with Gasteiger partial charge in [-0.25, -0.2) is 0 Å². The van der Waals surface area contributed by atoms with Crippen molar-refractivity contribution in [1.29, 1.82) is 0 Å². The third kappa shape index (κ3) is 3.47. The Hall–Kier alpha value is -1.19. The molecule has 106 valence electrons. The number of aromatic nitrogens is 1. The first-order valence-electron chi connectivity index (χ1n) is 7.59. The van der Waals surface area contributed by atoms with E-state index < -0.39 is 0 Å². The Labute approximate surface area is 125 Å². The highest BCUT2D eigenvalue weighted by Gasteiger charge is 2.24. The van der Waals surface area contributed by atoms with Gasteiger partial charge in [0.15, 0.2) is 0 Å². The van der Waals surface area contributed by atoms with Gasteiger partial charge in [-0.1, -0.05) is 49.6 Å². The van der Waals surface area contributed by atoms with Crippen molar-refractivity contribution in [2.75, 3.05) is 0 Å². The summed E-state index contributed by atoms with van der Waals surface area (Å²) in [6.45, 7) is 0.931. The third-order valence-electron chi connectivity index (χ3n) is 4.26. The summed E-state index contributed by atoms with van der Waals surface area (Å²) >= 11 is 1.73. The third-order valence-corrected chi connectivity index (χ3v) is 5.04. The lowest BCUT2D eigenvalue weighted by molar-refractivity contribution is 0.270. The molecule has 1 aliphatic carbocycles. The minimum Gasteiger partial charge on any atom is -0.305 e. The monoisotopic (exact) mass is 286 g/mol. The van der Waals surface area contributed by atoms with Crippen molar-refractivity contribution in [2.24, 2.45) is 5.92 Å². The smallest absolute Gasteiger partial charge is 0.0794 e. The van der Waals surface area contributed by atoms with Crippen LogP contribution in [0.25, 0.3) is 0 Å². The van der Waals surface area contributed by atoms with Gasteiger partial charge in [-0.3, -0.25) is 4.98 Å². The van der Waals surface area contributed by atoms with E-state index in [4.69, 9.17) is 0 Å². The first-order chi connectivity index (χ1) is 9.93. The molecule has 1 aliphatic rings. The highest BCUT2D eigenvalue weighted by molar-refractivity contribution is 7.09. The van der Waals surface area contributed by atoms with Crippen LogP contribution in [0, 0.1) is 5.92 Å². The van der Waals surface area contributed by atoms with Crippen LogP contribution in [-0.4, -0.2) is 4.98 Å². The van der Waals surface area contributed by atoms with E-state index in [1.54, 1.807) is 11.3 Å². The predicted molar refractivity (Wildman–Crippen MR) is 84.7 cm³/mol. The quantitative estimate of drug-likeness (QED) is 0.872. The lowest BCUT2D eigenvalue weighted by atomic mass is 9.81. The van der Waals surface area contributed by atoms with E-state index in [0.29, 0.717) is 6.04 Å². The van der Waals surface area contributed by atoms with Gasteiger partial charge in [-0.15, -0.1) is 11.3 Å². The Bertz CT molecular complexity index is 489. The van der Waals surface area contributed by atoms with Crippen LogP contribution in [0.5, 0.6) is 0 Å². The van der Waals surface area contributed by atoms with Crippen LogP contribution in [0.1, 0.15) is 48.6 Å². The molecule has 0 spiro atoms. The summed E-state index contributed by atoms with van der Waals surface area (Å²) < 4.78 is 0. The maximum Gasteiger partial charge on any atom is 0.0794 e. The Kier molecular flexibility index (Phi) is 4.82. The Balaban J connectivity index is 1.72. The van der Waals surface area contributed by atoms with Crippen LogP contribution in [0.2, 0.25) is 0 Å². The maximum atomic E-state index is 4.16. The maximum absolute atomic E-state index is 4.16. The minimum absolute atomic E-state index is 0.485. The van der Waals surface area contributed by atoms with Crippen LogP contribution in [0.3, 0.4) is 0 Å². The zero-order valence-corrected chi connectivity index (χ0v) is 12.6. The number of thiazole rings is 1. The molecular formula is C17H22N2S. The highest BCUT2D eigenvalue weighted by atomic mass is 32.1. The largest absolute Gasteiger partial charge is 0.305 e. The molecule has 2 nitrogen and oxygen atoms in total. The standard InChI is InChI=1S/C17H22N2S/c1-3-7-14(8-4-1)17(15-9-5-2-6-10-15)19-12-16-11-18-13-20-16/h1,3-4,7-8,11,13,15,17,19H,2,5-6,9-10,12H2. The van der Waals surface area contributed by atoms with Crippen molar-refractivity contribution in [1.82, 2.24) is 10.3 Å². The summed E-state index contributed by atoms with van der Waals surface area (Å²) in [5.41, 5.74) is 3.35. The molecule has 1 aromatic carbocycles. The second-order valence-corrected chi connectivity index (χ2v) is 6.61. The lowest BCUT2D eigenvalue weighted by Gasteiger charge is -2.31. The van der Waals surface area contributed by atoms with E-state index in [9.17, 15) is 0 Å². The molecule has 2 aromatic rings. The minimum atomic E-state index is 0.485. The normalized spacial score (nSPS) is 18.0. The molecule has 1 fully saturated rings. The van der Waals surface area contributed by atoms with Gasteiger partial charge in [-0.2, -0.15) is 0 Å². The van der Waals surface area contributed by atoms with E-state index in [0.717, 1.165) is 12.5 Å². The van der Waals surface area contributed by atoms with Gasteiger partial charge in [0.1, 0.15) is 0 Å². The summed E-state index contributed by atoms with van der Waals surface area (Å²) in [7, 11) is 0. The summed E-state index contributed by atoms with van der Waals surface area (Å²) in [5, 5.41) is 3.78. The van der Waals surface area contributed by atoms with Gasteiger partial charge >= 0.3 is 0 Å². The fourth-order valence-electron chi connectivity index (χ4n) is 3.22. The molecular weight excluding hydrogens is 264 g/mol. The predicted octanol–water partition coefficient (Wildman–Crippen LogP) is 4.55. The van der Waals surface area contributed by atoms with Gasteiger partial charge in [0.2, 0.25) is 0 Å². The summed E-state index contributed by atoms with van der Waals surface area (Å²) in [6, 6.07) is 11.4. The molecule has 1 N–H and O–H groups in total. The zero-order valence-electron chi connectivity index (χ0n) is 11.8. The van der Waals surface area contributed by atoms with E-state index in [-0.39, 0.29) is 0 Å². The first-order valence-corrected chi connectivity index (χ1v) is 8.47. The number of nitrogens with zero attached hydrogens (tertiary/aromatic N) is 1. The van der Waals surface area contributed by atoms with E-state index >= 15 is 0 Å². The molecule has 0 bridgehead atoms. The van der Waals surface area contributed by atoms with E-state index in [1.165, 1.54) is 42.5 Å². The molecule has 20 heavy (non-hydrogen) atoms. The molecule has 1 atom stereocenters. The number of nitrogens with one attached hydrogen (secondary N) is 1. The average Bonchev–Trinajstić information content (AvgIpc) is 3.03. The molecule has 1 heterocycles. The fraction of sp³-hybridized carbons (Fsp3) is 0.471. The fourth-order valence-corrected chi connectivity index (χ4v) is 3.77. The van der Waals surface area contributed by atoms with Gasteiger partial charge in [0, 0.05) is 23.7 Å². The molecule has 0 amide bonds. The molecule has 1 unspecified atom stereocenters. The first kappa shape index (κ1) is 13.8. The van der Waals surface area contributed by atoms with Crippen molar-refractivity contribution in [3.8, 4) is 0 Å². The zero-order chi connectivity index (χ0) is 13.6. The average molecular weight is 286 g/mol. The van der Waals surface area contributed by atoms with Crippen LogP contribution in [0.15, 0.2) is 42.0 Å². The van der Waals surface area contributed by atoms with Crippen LogP contribution >= 0.6 is 11.3 Å². The SMILES string of the molecule is c1ccc(C(NCc2cncs2)C2CCCCC2)cc1. The van der Waals surface area contributed by atoms with E-state index in [2.05, 4.69) is 40.6 Å². The van der Waals surface area contributed by atoms with E-state index in [1.807, 2.05) is 11.7 Å². The van der Waals surface area contributed by atoms with Gasteiger partial charge in [-0.05, 0) is 24.3 Å². The molecule has 0 saturated heterocycles. The Morgan fingerprint density at radius 1 is 1.15 bits per heavy atom. The van der Waals surface area contributed by atoms with Crippen molar-refractivity contribution >= 4 is 11.3 Å². The second-order valence-electron chi connectivity index (χ2n) is 5.64. The van der Waals surface area contributed by atoms with Crippen molar-refractivity contribution < 1.29 is 0 Å². The Morgan fingerprint density at radius 3 is 2.65 bits per heavy atom. The molecule has 1 aromatic heterocycles. The summed E-state index contributed by atoms with van der Waals surface area (Å²) in [4.78, 5) is 5.48. The molecule has 3 heteroatoms. The number of rotatable bonds is 5. The van der Waals surface area contributed by atoms with Crippen LogP contribution < -0.4 is 5.32 Å². The Morgan fingerprint density at radius 2 is 1.95 bits per heavy atom. The van der Waals surface area contributed by atoms with Crippen molar-refractivity contribution in [2.45, 2.75) is 44.7 Å².